The topological polar surface area (TPSA) is 105 Å². The lowest BCUT2D eigenvalue weighted by Crippen LogP contribution is -2.17. The van der Waals surface area contributed by atoms with Gasteiger partial charge in [0.25, 0.3) is 0 Å². The molecule has 1 fully saturated rings. The number of halogens is 1. The molecule has 5 rings (SSSR count). The third-order valence-electron chi connectivity index (χ3n) is 6.36. The minimum atomic E-state index is -0.748. The number of pyridine rings is 1. The molecule has 0 radical (unpaired) electrons. The van der Waals surface area contributed by atoms with Crippen LogP contribution in [-0.4, -0.2) is 51.6 Å². The number of nitrogens with one attached hydrogen (secondary N) is 1. The predicted octanol–water partition coefficient (Wildman–Crippen LogP) is 5.19. The number of hydrogen-bond donors (Lipinski definition) is 3. The molecule has 8 heteroatoms. The fraction of sp³-hybridized carbons (Fsp3) is 0.407. The van der Waals surface area contributed by atoms with E-state index in [1.54, 1.807) is 6.07 Å². The molecule has 0 bridgehead atoms. The lowest BCUT2D eigenvalue weighted by Gasteiger charge is -2.19. The predicted molar refractivity (Wildman–Crippen MR) is 132 cm³/mol. The van der Waals surface area contributed by atoms with Crippen molar-refractivity contribution in [1.82, 2.24) is 9.97 Å². The number of carboxylic acids is 1. The Morgan fingerprint density at radius 2 is 1.97 bits per heavy atom. The van der Waals surface area contributed by atoms with E-state index in [1.165, 1.54) is 6.07 Å². The Hall–Kier alpha value is -3.23. The number of aromatic nitrogens is 2. The molecule has 1 aromatic carbocycles. The van der Waals surface area contributed by atoms with Crippen LogP contribution in [0.1, 0.15) is 45.1 Å². The van der Waals surface area contributed by atoms with E-state index in [4.69, 9.17) is 14.6 Å². The molecule has 1 saturated heterocycles. The molecule has 186 valence electrons. The zero-order valence-electron chi connectivity index (χ0n) is 20.0. The van der Waals surface area contributed by atoms with Crippen LogP contribution < -0.4 is 4.74 Å². The number of carbonyl (C=O) groups is 1. The van der Waals surface area contributed by atoms with Crippen LogP contribution in [0.15, 0.2) is 42.5 Å². The molecule has 2 aromatic heterocycles. The summed E-state index contributed by atoms with van der Waals surface area (Å²) in [5.74, 6) is -1.01. The molecular weight excluding hydrogens is 451 g/mol. The first-order chi connectivity index (χ1) is 17.0. The highest BCUT2D eigenvalue weighted by Crippen LogP contribution is 2.33. The van der Waals surface area contributed by atoms with Crippen LogP contribution in [0.3, 0.4) is 0 Å². The smallest absolute Gasteiger partial charge is 0.306 e. The number of rotatable bonds is 6. The van der Waals surface area contributed by atoms with Crippen molar-refractivity contribution in [2.45, 2.75) is 51.7 Å². The van der Waals surface area contributed by atoms with Gasteiger partial charge in [0.2, 0.25) is 0 Å². The lowest BCUT2D eigenvalue weighted by molar-refractivity contribution is -0.141. The number of carboxylic acid groups (broad SMARTS) is 1. The Bertz CT molecular complexity index is 1200. The van der Waals surface area contributed by atoms with E-state index in [1.807, 2.05) is 44.2 Å². The molecule has 7 nitrogen and oxygen atoms in total. The monoisotopic (exact) mass is 482 g/mol. The second kappa shape index (κ2) is 11.0. The molecule has 3 heterocycles. The summed E-state index contributed by atoms with van der Waals surface area (Å²) in [4.78, 5) is 18.7. The number of ether oxygens (including phenoxy) is 2. The van der Waals surface area contributed by atoms with Crippen LogP contribution in [0.5, 0.6) is 5.88 Å². The number of allylic oxidation sites excluding steroid dienone is 2. The average molecular weight is 483 g/mol. The van der Waals surface area contributed by atoms with E-state index in [-0.39, 0.29) is 30.4 Å². The van der Waals surface area contributed by atoms with Crippen molar-refractivity contribution >= 4 is 22.6 Å². The summed E-state index contributed by atoms with van der Waals surface area (Å²) in [5, 5.41) is 18.3. The first-order valence-corrected chi connectivity index (χ1v) is 12.1. The Morgan fingerprint density at radius 3 is 2.60 bits per heavy atom. The highest BCUT2D eigenvalue weighted by Gasteiger charge is 2.27. The highest BCUT2D eigenvalue weighted by atomic mass is 19.1. The Labute approximate surface area is 203 Å². The van der Waals surface area contributed by atoms with Crippen LogP contribution in [0.2, 0.25) is 0 Å². The minimum absolute atomic E-state index is 0.0401. The van der Waals surface area contributed by atoms with Crippen molar-refractivity contribution in [3.8, 4) is 17.1 Å². The number of H-pyrrole nitrogens is 1. The number of aromatic amines is 1. The molecule has 1 aliphatic carbocycles. The van der Waals surface area contributed by atoms with Gasteiger partial charge in [-0.15, -0.1) is 0 Å². The van der Waals surface area contributed by atoms with Gasteiger partial charge in [-0.1, -0.05) is 44.2 Å². The summed E-state index contributed by atoms with van der Waals surface area (Å²) in [6.07, 6.45) is 4.07. The summed E-state index contributed by atoms with van der Waals surface area (Å²) < 4.78 is 26.2. The van der Waals surface area contributed by atoms with Gasteiger partial charge >= 0.3 is 5.97 Å². The molecule has 3 aromatic rings. The molecule has 3 N–H and O–H groups in total. The van der Waals surface area contributed by atoms with E-state index in [9.17, 15) is 14.3 Å². The molecule has 1 aliphatic heterocycles. The van der Waals surface area contributed by atoms with Gasteiger partial charge in [0.15, 0.2) is 11.7 Å². The van der Waals surface area contributed by atoms with Gasteiger partial charge < -0.3 is 24.7 Å². The van der Waals surface area contributed by atoms with Gasteiger partial charge in [-0.05, 0) is 30.4 Å². The van der Waals surface area contributed by atoms with E-state index >= 15 is 0 Å². The summed E-state index contributed by atoms with van der Waals surface area (Å²) in [6, 6.07) is 10.7. The zero-order valence-corrected chi connectivity index (χ0v) is 20.0. The van der Waals surface area contributed by atoms with Crippen LogP contribution in [0.25, 0.3) is 27.9 Å². The van der Waals surface area contributed by atoms with Gasteiger partial charge in [0.05, 0.1) is 36.3 Å². The highest BCUT2D eigenvalue weighted by molar-refractivity contribution is 5.81. The fourth-order valence-electron chi connectivity index (χ4n) is 4.50. The average Bonchev–Trinajstić information content (AvgIpc) is 3.51. The Balaban J connectivity index is 0.00000141. The number of benzene rings is 1. The van der Waals surface area contributed by atoms with Crippen molar-refractivity contribution in [3.05, 3.63) is 53.9 Å². The number of fused-ring (bicyclic) bond motifs is 1. The van der Waals surface area contributed by atoms with E-state index < -0.39 is 11.8 Å². The molecule has 0 amide bonds. The van der Waals surface area contributed by atoms with Crippen molar-refractivity contribution in [2.24, 2.45) is 5.92 Å². The summed E-state index contributed by atoms with van der Waals surface area (Å²) in [7, 11) is 0. The largest absolute Gasteiger partial charge is 0.481 e. The molecule has 35 heavy (non-hydrogen) atoms. The van der Waals surface area contributed by atoms with Crippen LogP contribution in [-0.2, 0) is 9.53 Å². The first-order valence-electron chi connectivity index (χ1n) is 12.1. The Morgan fingerprint density at radius 1 is 1.23 bits per heavy atom. The maximum atomic E-state index is 14.9. The van der Waals surface area contributed by atoms with Crippen molar-refractivity contribution in [1.29, 1.82) is 0 Å². The fourth-order valence-corrected chi connectivity index (χ4v) is 4.50. The SMILES string of the molecule is CC.O=C(O)C1CC=C(c2ccc(-c3nc4cc(O[C@@H]5CO[C@H](CO)C5)[nH]c4cc3F)cc2)CC1. The van der Waals surface area contributed by atoms with Crippen molar-refractivity contribution in [3.63, 3.8) is 0 Å². The summed E-state index contributed by atoms with van der Waals surface area (Å²) in [5.41, 5.74) is 4.19. The van der Waals surface area contributed by atoms with E-state index in [0.717, 1.165) is 11.1 Å². The minimum Gasteiger partial charge on any atom is -0.481 e. The number of aliphatic hydroxyl groups excluding tert-OH is 1. The second-order valence-electron chi connectivity index (χ2n) is 8.61. The molecule has 1 unspecified atom stereocenters. The summed E-state index contributed by atoms with van der Waals surface area (Å²) in [6.45, 7) is 4.36. The zero-order chi connectivity index (χ0) is 24.9. The Kier molecular flexibility index (Phi) is 7.83. The number of nitrogens with zero attached hydrogens (tertiary/aromatic N) is 1. The van der Waals surface area contributed by atoms with Crippen molar-refractivity contribution < 1.29 is 28.9 Å². The molecule has 0 spiro atoms. The van der Waals surface area contributed by atoms with Crippen molar-refractivity contribution in [2.75, 3.05) is 13.2 Å². The van der Waals surface area contributed by atoms with E-state index in [0.29, 0.717) is 54.8 Å². The van der Waals surface area contributed by atoms with Gasteiger partial charge in [-0.3, -0.25) is 4.79 Å². The second-order valence-corrected chi connectivity index (χ2v) is 8.61. The van der Waals surface area contributed by atoms with Gasteiger partial charge in [-0.2, -0.15) is 0 Å². The third-order valence-corrected chi connectivity index (χ3v) is 6.36. The van der Waals surface area contributed by atoms with Crippen LogP contribution in [0.4, 0.5) is 4.39 Å². The quantitative estimate of drug-likeness (QED) is 0.447. The molecule has 2 aliphatic rings. The molecular formula is C27H31FN2O5. The lowest BCUT2D eigenvalue weighted by atomic mass is 9.86. The molecule has 0 saturated carbocycles. The van der Waals surface area contributed by atoms with Gasteiger partial charge in [0, 0.05) is 24.1 Å². The number of hydrogen-bond acceptors (Lipinski definition) is 5. The van der Waals surface area contributed by atoms with Gasteiger partial charge in [0.1, 0.15) is 11.8 Å². The normalized spacial score (nSPS) is 21.8. The maximum absolute atomic E-state index is 14.9. The number of aliphatic hydroxyl groups is 1. The van der Waals surface area contributed by atoms with Gasteiger partial charge in [-0.25, -0.2) is 9.37 Å². The molecule has 3 atom stereocenters. The van der Waals surface area contributed by atoms with Crippen LogP contribution in [0, 0.1) is 11.7 Å². The maximum Gasteiger partial charge on any atom is 0.306 e. The summed E-state index contributed by atoms with van der Waals surface area (Å²) >= 11 is 0. The first kappa shape index (κ1) is 24.9. The standard InChI is InChI=1S/C25H25FN2O5.C2H6/c26-20-10-21-22(11-23(27-21)33-19-9-18(12-29)32-13-19)28-24(20)16-5-1-14(2-6-16)15-3-7-17(8-4-15)25(30)31;1-2/h1-3,5-6,10-11,17-19,27,29H,4,7-9,12-13H2,(H,30,31);1-2H3/t17?,18-,19-;/m0./s1. The number of aliphatic carboxylic acids is 1. The third kappa shape index (κ3) is 5.55. The van der Waals surface area contributed by atoms with E-state index in [2.05, 4.69) is 9.97 Å². The van der Waals surface area contributed by atoms with Crippen LogP contribution >= 0.6 is 0 Å².